The standard InChI is InChI=1S/C73H122O6/c1-4-7-10-13-16-19-22-25-27-29-30-31-32-33-34-35-36-37-38-39-40-41-42-44-45-48-51-54-57-60-63-66-72(75)78-69-70(68-77-71(74)65-62-59-56-53-50-47-24-21-18-15-12-9-6-3)79-73(76)67-64-61-58-55-52-49-46-43-28-26-23-20-17-14-11-8-5-2/h7,9-10,12,16,18-19,21,25,27,30-31,33-34,36-37,47,50,56,59,70H,4-6,8,11,13-15,17,20,22-24,26,28-29,32,35,38-46,48-49,51-55,57-58,60-69H2,1-3H3/b10-7-,12-9-,19-16-,21-18-,27-25-,31-30-,34-33-,37-36-,50-47-,59-56-. The first kappa shape index (κ1) is 74.8. The summed E-state index contributed by atoms with van der Waals surface area (Å²) in [5.74, 6) is -0.978. The molecule has 0 aromatic carbocycles. The first-order valence-corrected chi connectivity index (χ1v) is 33.0. The van der Waals surface area contributed by atoms with Gasteiger partial charge < -0.3 is 14.2 Å². The molecule has 79 heavy (non-hydrogen) atoms. The molecule has 450 valence electrons. The predicted molar refractivity (Wildman–Crippen MR) is 343 cm³/mol. The molecule has 0 rings (SSSR count). The minimum atomic E-state index is -0.808. The van der Waals surface area contributed by atoms with Crippen LogP contribution in [0.1, 0.15) is 303 Å². The van der Waals surface area contributed by atoms with Crippen LogP contribution in [0.5, 0.6) is 0 Å². The first-order valence-electron chi connectivity index (χ1n) is 33.0. The van der Waals surface area contributed by atoms with Crippen LogP contribution in [0, 0.1) is 0 Å². The summed E-state index contributed by atoms with van der Waals surface area (Å²) in [6.45, 7) is 6.37. The minimum Gasteiger partial charge on any atom is -0.462 e. The third-order valence-corrected chi connectivity index (χ3v) is 14.0. The summed E-state index contributed by atoms with van der Waals surface area (Å²) in [5.41, 5.74) is 0. The summed E-state index contributed by atoms with van der Waals surface area (Å²) in [4.78, 5) is 38.3. The van der Waals surface area contributed by atoms with E-state index in [1.165, 1.54) is 154 Å². The van der Waals surface area contributed by atoms with Crippen molar-refractivity contribution in [2.75, 3.05) is 13.2 Å². The molecule has 0 bridgehead atoms. The number of carbonyl (C=O) groups is 3. The van der Waals surface area contributed by atoms with Crippen LogP contribution in [0.4, 0.5) is 0 Å². The summed E-state index contributed by atoms with van der Waals surface area (Å²) >= 11 is 0. The summed E-state index contributed by atoms with van der Waals surface area (Å²) in [7, 11) is 0. The first-order chi connectivity index (χ1) is 39.0. The molecule has 0 saturated carbocycles. The molecule has 0 spiro atoms. The molecular formula is C73H122O6. The van der Waals surface area contributed by atoms with Gasteiger partial charge in [0.2, 0.25) is 0 Å². The molecule has 0 heterocycles. The van der Waals surface area contributed by atoms with Crippen LogP contribution in [-0.4, -0.2) is 37.2 Å². The predicted octanol–water partition coefficient (Wildman–Crippen LogP) is 22.8. The molecule has 1 unspecified atom stereocenters. The van der Waals surface area contributed by atoms with Gasteiger partial charge in [0.05, 0.1) is 0 Å². The summed E-state index contributed by atoms with van der Waals surface area (Å²) < 4.78 is 16.9. The van der Waals surface area contributed by atoms with Crippen molar-refractivity contribution < 1.29 is 28.6 Å². The number of rotatable bonds is 59. The van der Waals surface area contributed by atoms with E-state index in [9.17, 15) is 14.4 Å². The van der Waals surface area contributed by atoms with Gasteiger partial charge in [0.15, 0.2) is 6.10 Å². The molecule has 0 amide bonds. The van der Waals surface area contributed by atoms with Crippen molar-refractivity contribution in [1.82, 2.24) is 0 Å². The van der Waals surface area contributed by atoms with Gasteiger partial charge in [-0.3, -0.25) is 14.4 Å². The second kappa shape index (κ2) is 66.3. The smallest absolute Gasteiger partial charge is 0.306 e. The van der Waals surface area contributed by atoms with Crippen LogP contribution in [0.25, 0.3) is 0 Å². The molecule has 0 aliphatic rings. The third-order valence-electron chi connectivity index (χ3n) is 14.0. The fraction of sp³-hybridized carbons (Fsp3) is 0.685. The maximum atomic E-state index is 12.9. The molecule has 0 aliphatic heterocycles. The van der Waals surface area contributed by atoms with E-state index in [0.717, 1.165) is 103 Å². The van der Waals surface area contributed by atoms with E-state index >= 15 is 0 Å². The average molecular weight is 1100 g/mol. The van der Waals surface area contributed by atoms with Crippen molar-refractivity contribution in [3.8, 4) is 0 Å². The Hall–Kier alpha value is -4.19. The highest BCUT2D eigenvalue weighted by atomic mass is 16.6. The van der Waals surface area contributed by atoms with Gasteiger partial charge in [-0.2, -0.15) is 0 Å². The van der Waals surface area contributed by atoms with Gasteiger partial charge in [0.25, 0.3) is 0 Å². The zero-order valence-corrected chi connectivity index (χ0v) is 51.6. The number of hydrogen-bond donors (Lipinski definition) is 0. The van der Waals surface area contributed by atoms with E-state index in [4.69, 9.17) is 14.2 Å². The maximum absolute atomic E-state index is 12.9. The van der Waals surface area contributed by atoms with Gasteiger partial charge in [-0.1, -0.05) is 309 Å². The fourth-order valence-corrected chi connectivity index (χ4v) is 9.11. The largest absolute Gasteiger partial charge is 0.462 e. The molecular weight excluding hydrogens is 973 g/mol. The van der Waals surface area contributed by atoms with Crippen LogP contribution < -0.4 is 0 Å². The van der Waals surface area contributed by atoms with Crippen molar-refractivity contribution >= 4 is 17.9 Å². The lowest BCUT2D eigenvalue weighted by atomic mass is 10.0. The highest BCUT2D eigenvalue weighted by Gasteiger charge is 2.19. The zero-order chi connectivity index (χ0) is 57.1. The van der Waals surface area contributed by atoms with Crippen LogP contribution in [-0.2, 0) is 28.6 Å². The highest BCUT2D eigenvalue weighted by molar-refractivity contribution is 5.71. The molecule has 0 saturated heterocycles. The Labute approximate surface area is 488 Å². The molecule has 0 aliphatic carbocycles. The molecule has 1 atom stereocenters. The summed E-state index contributed by atoms with van der Waals surface area (Å²) in [5, 5.41) is 0. The maximum Gasteiger partial charge on any atom is 0.306 e. The van der Waals surface area contributed by atoms with E-state index in [-0.39, 0.29) is 37.5 Å². The fourth-order valence-electron chi connectivity index (χ4n) is 9.11. The lowest BCUT2D eigenvalue weighted by molar-refractivity contribution is -0.166. The lowest BCUT2D eigenvalue weighted by Gasteiger charge is -2.18. The Morgan fingerprint density at radius 2 is 0.519 bits per heavy atom. The molecule has 0 N–H and O–H groups in total. The highest BCUT2D eigenvalue weighted by Crippen LogP contribution is 2.17. The summed E-state index contributed by atoms with van der Waals surface area (Å²) in [6.07, 6.45) is 92.3. The molecule has 6 heteroatoms. The number of esters is 3. The monoisotopic (exact) mass is 1090 g/mol. The quantitative estimate of drug-likeness (QED) is 0.0261. The number of allylic oxidation sites excluding steroid dienone is 20. The molecule has 6 nitrogen and oxygen atoms in total. The van der Waals surface area contributed by atoms with Gasteiger partial charge in [0, 0.05) is 19.3 Å². The number of ether oxygens (including phenoxy) is 3. The second-order valence-corrected chi connectivity index (χ2v) is 21.6. The Kier molecular flexibility index (Phi) is 62.8. The van der Waals surface area contributed by atoms with E-state index in [0.29, 0.717) is 19.3 Å². The van der Waals surface area contributed by atoms with Crippen molar-refractivity contribution in [2.24, 2.45) is 0 Å². The number of hydrogen-bond acceptors (Lipinski definition) is 6. The van der Waals surface area contributed by atoms with Crippen LogP contribution in [0.15, 0.2) is 122 Å². The second-order valence-electron chi connectivity index (χ2n) is 21.6. The molecule has 0 radical (unpaired) electrons. The molecule has 0 fully saturated rings. The minimum absolute atomic E-state index is 0.1000. The van der Waals surface area contributed by atoms with Gasteiger partial charge >= 0.3 is 17.9 Å². The van der Waals surface area contributed by atoms with Gasteiger partial charge in [-0.05, 0) is 96.3 Å². The lowest BCUT2D eigenvalue weighted by Crippen LogP contribution is -2.30. The molecule has 0 aromatic heterocycles. The van der Waals surface area contributed by atoms with Crippen molar-refractivity contribution in [3.63, 3.8) is 0 Å². The van der Waals surface area contributed by atoms with Gasteiger partial charge in [0.1, 0.15) is 13.2 Å². The van der Waals surface area contributed by atoms with E-state index in [1.807, 2.05) is 6.08 Å². The molecule has 0 aromatic rings. The Morgan fingerprint density at radius 1 is 0.266 bits per heavy atom. The average Bonchev–Trinajstić information content (AvgIpc) is 3.45. The van der Waals surface area contributed by atoms with E-state index in [2.05, 4.69) is 136 Å². The Morgan fingerprint density at radius 3 is 0.848 bits per heavy atom. The van der Waals surface area contributed by atoms with Crippen molar-refractivity contribution in [3.05, 3.63) is 122 Å². The zero-order valence-electron chi connectivity index (χ0n) is 51.6. The van der Waals surface area contributed by atoms with Crippen LogP contribution in [0.3, 0.4) is 0 Å². The van der Waals surface area contributed by atoms with Crippen LogP contribution >= 0.6 is 0 Å². The topological polar surface area (TPSA) is 78.9 Å². The SMILES string of the molecule is CC/C=C\C/C=C\C/C=C\C/C=C\C/C=C\C/C=C\CCCCCCCCCCCCCCC(=O)OCC(COC(=O)CC/C=C\C/C=C\C/C=C\C/C=C\CC)OC(=O)CCCCCCCCCCCCCCCCCCC. The van der Waals surface area contributed by atoms with Gasteiger partial charge in [-0.15, -0.1) is 0 Å². The number of carbonyl (C=O) groups excluding carboxylic acids is 3. The Balaban J connectivity index is 4.28. The Bertz CT molecular complexity index is 1640. The third kappa shape index (κ3) is 64.5. The number of unbranched alkanes of at least 4 members (excludes halogenated alkanes) is 28. The van der Waals surface area contributed by atoms with Crippen molar-refractivity contribution in [2.45, 2.75) is 309 Å². The van der Waals surface area contributed by atoms with Crippen LogP contribution in [0.2, 0.25) is 0 Å². The normalized spacial score (nSPS) is 12.9. The van der Waals surface area contributed by atoms with Crippen molar-refractivity contribution in [1.29, 1.82) is 0 Å². The van der Waals surface area contributed by atoms with E-state index in [1.54, 1.807) is 0 Å². The van der Waals surface area contributed by atoms with Gasteiger partial charge in [-0.25, -0.2) is 0 Å². The van der Waals surface area contributed by atoms with E-state index < -0.39 is 6.10 Å². The summed E-state index contributed by atoms with van der Waals surface area (Å²) in [6, 6.07) is 0.